The number of carbonyl (C=O) groups is 1. The molecule has 1 atom stereocenters. The third-order valence-electron chi connectivity index (χ3n) is 3.32. The van der Waals surface area contributed by atoms with Gasteiger partial charge in [-0.05, 0) is 24.5 Å². The summed E-state index contributed by atoms with van der Waals surface area (Å²) >= 11 is 0. The lowest BCUT2D eigenvalue weighted by molar-refractivity contribution is 0.0462. The van der Waals surface area contributed by atoms with Gasteiger partial charge >= 0.3 is 6.16 Å². The molecule has 4 heteroatoms. The van der Waals surface area contributed by atoms with E-state index in [1.807, 2.05) is 18.2 Å². The third kappa shape index (κ3) is 1.75. The second kappa shape index (κ2) is 3.80. The molecular weight excluding hydrogens is 218 g/mol. The molecule has 0 radical (unpaired) electrons. The van der Waals surface area contributed by atoms with Crippen LogP contribution in [-0.2, 0) is 17.6 Å². The van der Waals surface area contributed by atoms with Gasteiger partial charge in [-0.15, -0.1) is 0 Å². The van der Waals surface area contributed by atoms with E-state index in [2.05, 4.69) is 11.1 Å². The van der Waals surface area contributed by atoms with Crippen LogP contribution in [0.2, 0.25) is 0 Å². The summed E-state index contributed by atoms with van der Waals surface area (Å²) < 4.78 is 4.87. The minimum absolute atomic E-state index is 0.209. The first-order valence-electron chi connectivity index (χ1n) is 5.72. The number of ether oxygens (including phenoxy) is 1. The van der Waals surface area contributed by atoms with E-state index < -0.39 is 6.16 Å². The Bertz CT molecular complexity index is 573. The molecule has 0 saturated heterocycles. The van der Waals surface area contributed by atoms with E-state index in [1.54, 1.807) is 0 Å². The highest BCUT2D eigenvalue weighted by Gasteiger charge is 2.24. The van der Waals surface area contributed by atoms with Crippen LogP contribution >= 0.6 is 0 Å². The van der Waals surface area contributed by atoms with Crippen molar-refractivity contribution in [3.05, 3.63) is 35.5 Å². The molecule has 88 valence electrons. The van der Waals surface area contributed by atoms with Crippen molar-refractivity contribution in [2.75, 3.05) is 0 Å². The zero-order chi connectivity index (χ0) is 11.8. The summed E-state index contributed by atoms with van der Waals surface area (Å²) in [7, 11) is 0. The molecule has 2 N–H and O–H groups in total. The molecule has 1 unspecified atom stereocenters. The summed E-state index contributed by atoms with van der Waals surface area (Å²) in [5, 5.41) is 9.83. The normalized spacial score (nSPS) is 18.9. The maximum absolute atomic E-state index is 10.6. The molecule has 1 aromatic carbocycles. The van der Waals surface area contributed by atoms with Gasteiger partial charge in [0, 0.05) is 23.0 Å². The van der Waals surface area contributed by atoms with Crippen molar-refractivity contribution < 1.29 is 14.6 Å². The predicted octanol–water partition coefficient (Wildman–Crippen LogP) is 2.72. The Morgan fingerprint density at radius 3 is 3.06 bits per heavy atom. The van der Waals surface area contributed by atoms with E-state index in [4.69, 9.17) is 9.84 Å². The van der Waals surface area contributed by atoms with Crippen LogP contribution in [0.4, 0.5) is 4.79 Å². The number of aryl methyl sites for hydroxylation is 1. The Morgan fingerprint density at radius 2 is 2.24 bits per heavy atom. The molecule has 0 aliphatic heterocycles. The molecule has 4 nitrogen and oxygen atoms in total. The number of hydrogen-bond donors (Lipinski definition) is 2. The summed E-state index contributed by atoms with van der Waals surface area (Å²) in [5.74, 6) is 0. The Balaban J connectivity index is 1.97. The van der Waals surface area contributed by atoms with E-state index in [0.717, 1.165) is 18.4 Å². The predicted molar refractivity (Wildman–Crippen MR) is 63.2 cm³/mol. The number of aromatic amines is 1. The van der Waals surface area contributed by atoms with Crippen LogP contribution in [-0.4, -0.2) is 22.3 Å². The maximum Gasteiger partial charge on any atom is 0.506 e. The number of aromatic nitrogens is 1. The van der Waals surface area contributed by atoms with Crippen LogP contribution in [0, 0.1) is 0 Å². The van der Waals surface area contributed by atoms with Crippen molar-refractivity contribution in [3.8, 4) is 0 Å². The quantitative estimate of drug-likeness (QED) is 0.742. The molecule has 0 spiro atoms. The summed E-state index contributed by atoms with van der Waals surface area (Å²) in [6, 6.07) is 8.10. The Kier molecular flexibility index (Phi) is 2.28. The van der Waals surface area contributed by atoms with Gasteiger partial charge in [-0.1, -0.05) is 18.2 Å². The molecule has 1 aromatic heterocycles. The van der Waals surface area contributed by atoms with Crippen molar-refractivity contribution in [3.63, 3.8) is 0 Å². The molecule has 1 aliphatic rings. The van der Waals surface area contributed by atoms with E-state index in [1.165, 1.54) is 16.6 Å². The van der Waals surface area contributed by atoms with Gasteiger partial charge in [-0.25, -0.2) is 4.79 Å². The highest BCUT2D eigenvalue weighted by Crippen LogP contribution is 2.30. The highest BCUT2D eigenvalue weighted by atomic mass is 16.7. The molecule has 0 amide bonds. The SMILES string of the molecule is O=C(O)OC1CCc2[nH]c3ccccc3c2C1. The summed E-state index contributed by atoms with van der Waals surface area (Å²) in [6.45, 7) is 0. The zero-order valence-electron chi connectivity index (χ0n) is 9.27. The fourth-order valence-electron chi connectivity index (χ4n) is 2.58. The van der Waals surface area contributed by atoms with Crippen molar-refractivity contribution in [1.29, 1.82) is 0 Å². The second-order valence-corrected chi connectivity index (χ2v) is 4.38. The average Bonchev–Trinajstić information content (AvgIpc) is 2.66. The minimum Gasteiger partial charge on any atom is -0.450 e. The second-order valence-electron chi connectivity index (χ2n) is 4.38. The fraction of sp³-hybridized carbons (Fsp3) is 0.308. The highest BCUT2D eigenvalue weighted by molar-refractivity contribution is 5.85. The van der Waals surface area contributed by atoms with Crippen molar-refractivity contribution in [2.24, 2.45) is 0 Å². The van der Waals surface area contributed by atoms with Gasteiger partial charge < -0.3 is 14.8 Å². The van der Waals surface area contributed by atoms with Gasteiger partial charge in [-0.3, -0.25) is 0 Å². The molecule has 0 saturated carbocycles. The number of carboxylic acid groups (broad SMARTS) is 1. The number of rotatable bonds is 1. The van der Waals surface area contributed by atoms with Crippen molar-refractivity contribution >= 4 is 17.1 Å². The standard InChI is InChI=1S/C13H13NO3/c15-13(16)17-8-5-6-12-10(7-8)9-3-1-2-4-11(9)14-12/h1-4,8,14H,5-7H2,(H,15,16). The zero-order valence-corrected chi connectivity index (χ0v) is 9.27. The van der Waals surface area contributed by atoms with Crippen LogP contribution in [0.15, 0.2) is 24.3 Å². The van der Waals surface area contributed by atoms with Gasteiger partial charge in [0.25, 0.3) is 0 Å². The van der Waals surface area contributed by atoms with Crippen molar-refractivity contribution in [1.82, 2.24) is 4.98 Å². The van der Waals surface area contributed by atoms with Gasteiger partial charge in [-0.2, -0.15) is 0 Å². The third-order valence-corrected chi connectivity index (χ3v) is 3.32. The smallest absolute Gasteiger partial charge is 0.450 e. The number of nitrogens with one attached hydrogen (secondary N) is 1. The van der Waals surface area contributed by atoms with E-state index in [0.29, 0.717) is 6.42 Å². The first-order valence-corrected chi connectivity index (χ1v) is 5.72. The molecule has 3 rings (SSSR count). The number of hydrogen-bond acceptors (Lipinski definition) is 2. The molecule has 17 heavy (non-hydrogen) atoms. The van der Waals surface area contributed by atoms with Crippen LogP contribution in [0.1, 0.15) is 17.7 Å². The topological polar surface area (TPSA) is 62.3 Å². The van der Waals surface area contributed by atoms with Crippen LogP contribution in [0.3, 0.4) is 0 Å². The number of H-pyrrole nitrogens is 1. The summed E-state index contributed by atoms with van der Waals surface area (Å²) in [4.78, 5) is 13.9. The molecule has 2 aromatic rings. The van der Waals surface area contributed by atoms with Crippen LogP contribution < -0.4 is 0 Å². The van der Waals surface area contributed by atoms with Crippen molar-refractivity contribution in [2.45, 2.75) is 25.4 Å². The lowest BCUT2D eigenvalue weighted by Gasteiger charge is -2.21. The van der Waals surface area contributed by atoms with Crippen LogP contribution in [0.25, 0.3) is 10.9 Å². The number of benzene rings is 1. The molecule has 0 fully saturated rings. The molecule has 1 heterocycles. The number of fused-ring (bicyclic) bond motifs is 3. The largest absolute Gasteiger partial charge is 0.506 e. The lowest BCUT2D eigenvalue weighted by atomic mass is 9.93. The van der Waals surface area contributed by atoms with Gasteiger partial charge in [0.1, 0.15) is 6.10 Å². The number of para-hydroxylation sites is 1. The Morgan fingerprint density at radius 1 is 1.41 bits per heavy atom. The van der Waals surface area contributed by atoms with Gasteiger partial charge in [0.05, 0.1) is 0 Å². The molecule has 0 bridgehead atoms. The van der Waals surface area contributed by atoms with Gasteiger partial charge in [0.15, 0.2) is 0 Å². The Hall–Kier alpha value is -1.97. The average molecular weight is 231 g/mol. The monoisotopic (exact) mass is 231 g/mol. The fourth-order valence-corrected chi connectivity index (χ4v) is 2.58. The summed E-state index contributed by atoms with van der Waals surface area (Å²) in [6.07, 6.45) is 0.886. The molecule has 1 aliphatic carbocycles. The summed E-state index contributed by atoms with van der Waals surface area (Å²) in [5.41, 5.74) is 3.54. The Labute approximate surface area is 98.2 Å². The first kappa shape index (κ1) is 10.2. The van der Waals surface area contributed by atoms with Crippen LogP contribution in [0.5, 0.6) is 0 Å². The molecular formula is C13H13NO3. The van der Waals surface area contributed by atoms with E-state index in [9.17, 15) is 4.79 Å². The maximum atomic E-state index is 10.6. The van der Waals surface area contributed by atoms with E-state index >= 15 is 0 Å². The lowest BCUT2D eigenvalue weighted by Crippen LogP contribution is -2.24. The van der Waals surface area contributed by atoms with Gasteiger partial charge in [0.2, 0.25) is 0 Å². The minimum atomic E-state index is -1.18. The van der Waals surface area contributed by atoms with E-state index in [-0.39, 0.29) is 6.10 Å². The first-order chi connectivity index (χ1) is 8.24.